The summed E-state index contributed by atoms with van der Waals surface area (Å²) in [5, 5.41) is 0. The maximum atomic E-state index is 13.1. The molecule has 0 aliphatic carbocycles. The number of likely N-dealkylation sites (tertiary alicyclic amines) is 1. The van der Waals surface area contributed by atoms with Crippen LogP contribution in [0.25, 0.3) is 0 Å². The summed E-state index contributed by atoms with van der Waals surface area (Å²) in [6.07, 6.45) is 3.33. The molecule has 1 amide bonds. The standard InChI is InChI=1S/C14H19FN2OS/c1-10-4-2-3-7-17(10)14(18)9-19-13-8-11(15)5-6-12(13)16/h5-6,8,10H,2-4,7,9,16H2,1H3. The number of hydrogen-bond donors (Lipinski definition) is 1. The molecule has 3 nitrogen and oxygen atoms in total. The minimum Gasteiger partial charge on any atom is -0.398 e. The fraction of sp³-hybridized carbons (Fsp3) is 0.500. The zero-order valence-electron chi connectivity index (χ0n) is 11.1. The number of amides is 1. The van der Waals surface area contributed by atoms with Crippen molar-refractivity contribution in [2.75, 3.05) is 18.0 Å². The van der Waals surface area contributed by atoms with Gasteiger partial charge < -0.3 is 10.6 Å². The van der Waals surface area contributed by atoms with Crippen LogP contribution >= 0.6 is 11.8 Å². The third-order valence-corrected chi connectivity index (χ3v) is 4.51. The van der Waals surface area contributed by atoms with E-state index in [1.165, 1.54) is 36.4 Å². The molecule has 1 unspecified atom stereocenters. The SMILES string of the molecule is CC1CCCCN1C(=O)CSc1cc(F)ccc1N. The molecular weight excluding hydrogens is 263 g/mol. The average Bonchev–Trinajstić information content (AvgIpc) is 2.40. The van der Waals surface area contributed by atoms with Crippen molar-refractivity contribution < 1.29 is 9.18 Å². The Labute approximate surface area is 117 Å². The number of thioether (sulfide) groups is 1. The van der Waals surface area contributed by atoms with Crippen LogP contribution in [-0.4, -0.2) is 29.1 Å². The fourth-order valence-corrected chi connectivity index (χ4v) is 3.20. The number of carbonyl (C=O) groups excluding carboxylic acids is 1. The molecule has 1 fully saturated rings. The van der Waals surface area contributed by atoms with E-state index in [1.54, 1.807) is 0 Å². The molecule has 0 bridgehead atoms. The fourth-order valence-electron chi connectivity index (χ4n) is 2.32. The van der Waals surface area contributed by atoms with E-state index < -0.39 is 0 Å². The van der Waals surface area contributed by atoms with Crippen molar-refractivity contribution >= 4 is 23.4 Å². The van der Waals surface area contributed by atoms with Crippen molar-refractivity contribution in [1.82, 2.24) is 4.90 Å². The number of benzene rings is 1. The number of nitrogen functional groups attached to an aromatic ring is 1. The lowest BCUT2D eigenvalue weighted by Crippen LogP contribution is -2.42. The van der Waals surface area contributed by atoms with Crippen molar-refractivity contribution in [1.29, 1.82) is 0 Å². The molecule has 0 radical (unpaired) electrons. The Kier molecular flexibility index (Phi) is 4.69. The number of rotatable bonds is 3. The summed E-state index contributed by atoms with van der Waals surface area (Å²) >= 11 is 1.31. The predicted molar refractivity (Wildman–Crippen MR) is 76.6 cm³/mol. The summed E-state index contributed by atoms with van der Waals surface area (Å²) in [6, 6.07) is 4.55. The Morgan fingerprint density at radius 2 is 2.32 bits per heavy atom. The number of anilines is 1. The van der Waals surface area contributed by atoms with Crippen molar-refractivity contribution in [3.63, 3.8) is 0 Å². The van der Waals surface area contributed by atoms with E-state index in [-0.39, 0.29) is 11.7 Å². The number of nitrogens with two attached hydrogens (primary N) is 1. The molecule has 104 valence electrons. The molecule has 0 saturated carbocycles. The summed E-state index contributed by atoms with van der Waals surface area (Å²) < 4.78 is 13.1. The topological polar surface area (TPSA) is 46.3 Å². The van der Waals surface area contributed by atoms with Crippen molar-refractivity contribution in [3.05, 3.63) is 24.0 Å². The first-order valence-electron chi connectivity index (χ1n) is 6.55. The van der Waals surface area contributed by atoms with Gasteiger partial charge in [0.25, 0.3) is 0 Å². The normalized spacial score (nSPS) is 19.5. The van der Waals surface area contributed by atoms with Gasteiger partial charge in [-0.2, -0.15) is 0 Å². The predicted octanol–water partition coefficient (Wildman–Crippen LogP) is 2.90. The zero-order valence-corrected chi connectivity index (χ0v) is 11.9. The molecule has 2 N–H and O–H groups in total. The highest BCUT2D eigenvalue weighted by Gasteiger charge is 2.23. The largest absolute Gasteiger partial charge is 0.398 e. The molecule has 1 aromatic rings. The number of carbonyl (C=O) groups is 1. The first-order valence-corrected chi connectivity index (χ1v) is 7.54. The molecule has 2 rings (SSSR count). The molecule has 5 heteroatoms. The monoisotopic (exact) mass is 282 g/mol. The minimum absolute atomic E-state index is 0.112. The summed E-state index contributed by atoms with van der Waals surface area (Å²) in [5.74, 6) is 0.106. The maximum absolute atomic E-state index is 13.1. The van der Waals surface area contributed by atoms with E-state index in [1.807, 2.05) is 4.90 Å². The second-order valence-corrected chi connectivity index (χ2v) is 5.92. The molecule has 1 aromatic carbocycles. The summed E-state index contributed by atoms with van der Waals surface area (Å²) in [5.41, 5.74) is 6.29. The van der Waals surface area contributed by atoms with Gasteiger partial charge in [0.05, 0.1) is 5.75 Å². The molecule has 0 aromatic heterocycles. The van der Waals surface area contributed by atoms with Gasteiger partial charge in [-0.1, -0.05) is 0 Å². The Morgan fingerprint density at radius 3 is 3.05 bits per heavy atom. The second kappa shape index (κ2) is 6.28. The van der Waals surface area contributed by atoms with Crippen LogP contribution in [0.15, 0.2) is 23.1 Å². The lowest BCUT2D eigenvalue weighted by Gasteiger charge is -2.33. The zero-order chi connectivity index (χ0) is 13.8. The van der Waals surface area contributed by atoms with Crippen molar-refractivity contribution in [2.45, 2.75) is 37.1 Å². The van der Waals surface area contributed by atoms with E-state index in [9.17, 15) is 9.18 Å². The molecule has 1 aliphatic rings. The summed E-state index contributed by atoms with van der Waals surface area (Å²) in [6.45, 7) is 2.91. The minimum atomic E-state index is -0.324. The van der Waals surface area contributed by atoms with Crippen LogP contribution < -0.4 is 5.73 Å². The van der Waals surface area contributed by atoms with Gasteiger partial charge in [0.15, 0.2) is 0 Å². The van der Waals surface area contributed by atoms with Crippen LogP contribution in [0.3, 0.4) is 0 Å². The van der Waals surface area contributed by atoms with Crippen molar-refractivity contribution in [3.8, 4) is 0 Å². The highest BCUT2D eigenvalue weighted by Crippen LogP contribution is 2.27. The molecule has 1 heterocycles. The molecule has 1 aliphatic heterocycles. The Hall–Kier alpha value is -1.23. The number of halogens is 1. The second-order valence-electron chi connectivity index (χ2n) is 4.90. The lowest BCUT2D eigenvalue weighted by atomic mass is 10.0. The lowest BCUT2D eigenvalue weighted by molar-refractivity contribution is -0.131. The van der Waals surface area contributed by atoms with Gasteiger partial charge >= 0.3 is 0 Å². The maximum Gasteiger partial charge on any atom is 0.233 e. The number of piperidine rings is 1. The third-order valence-electron chi connectivity index (χ3n) is 3.45. The van der Waals surface area contributed by atoms with Crippen LogP contribution in [0.5, 0.6) is 0 Å². The molecule has 1 saturated heterocycles. The quantitative estimate of drug-likeness (QED) is 0.685. The third kappa shape index (κ3) is 3.62. The van der Waals surface area contributed by atoms with Crippen LogP contribution in [-0.2, 0) is 4.79 Å². The Balaban J connectivity index is 1.94. The van der Waals surface area contributed by atoms with Gasteiger partial charge in [-0.3, -0.25) is 4.79 Å². The van der Waals surface area contributed by atoms with E-state index in [0.717, 1.165) is 19.4 Å². The smallest absolute Gasteiger partial charge is 0.233 e. The van der Waals surface area contributed by atoms with Crippen LogP contribution in [0, 0.1) is 5.82 Å². The summed E-state index contributed by atoms with van der Waals surface area (Å²) in [4.78, 5) is 14.7. The van der Waals surface area contributed by atoms with Gasteiger partial charge in [-0.25, -0.2) is 4.39 Å². The first-order chi connectivity index (χ1) is 9.08. The van der Waals surface area contributed by atoms with E-state index >= 15 is 0 Å². The van der Waals surface area contributed by atoms with E-state index in [4.69, 9.17) is 5.73 Å². The van der Waals surface area contributed by atoms with E-state index in [2.05, 4.69) is 6.92 Å². The molecule has 0 spiro atoms. The highest BCUT2D eigenvalue weighted by atomic mass is 32.2. The Morgan fingerprint density at radius 1 is 1.53 bits per heavy atom. The van der Waals surface area contributed by atoms with Gasteiger partial charge in [0.2, 0.25) is 5.91 Å². The molecule has 1 atom stereocenters. The van der Waals surface area contributed by atoms with Gasteiger partial charge in [-0.15, -0.1) is 11.8 Å². The first kappa shape index (κ1) is 14.2. The Bertz CT molecular complexity index is 467. The molecular formula is C14H19FN2OS. The van der Waals surface area contributed by atoms with Gasteiger partial charge in [0.1, 0.15) is 5.82 Å². The van der Waals surface area contributed by atoms with Crippen LogP contribution in [0.2, 0.25) is 0 Å². The molecule has 19 heavy (non-hydrogen) atoms. The van der Waals surface area contributed by atoms with Crippen molar-refractivity contribution in [2.24, 2.45) is 0 Å². The van der Waals surface area contributed by atoms with Crippen LogP contribution in [0.4, 0.5) is 10.1 Å². The van der Waals surface area contributed by atoms with E-state index in [0.29, 0.717) is 22.4 Å². The van der Waals surface area contributed by atoms with Gasteiger partial charge in [0, 0.05) is 23.2 Å². The van der Waals surface area contributed by atoms with Crippen LogP contribution in [0.1, 0.15) is 26.2 Å². The van der Waals surface area contributed by atoms with Gasteiger partial charge in [-0.05, 0) is 44.4 Å². The highest BCUT2D eigenvalue weighted by molar-refractivity contribution is 8.00. The number of hydrogen-bond acceptors (Lipinski definition) is 3. The summed E-state index contributed by atoms with van der Waals surface area (Å²) in [7, 11) is 0. The number of nitrogens with zero attached hydrogens (tertiary/aromatic N) is 1. The average molecular weight is 282 g/mol.